The zero-order valence-electron chi connectivity index (χ0n) is 18.9. The summed E-state index contributed by atoms with van der Waals surface area (Å²) in [5.41, 5.74) is 5.75. The number of pyridine rings is 1. The number of hydrogen-bond donors (Lipinski definition) is 2. The van der Waals surface area contributed by atoms with E-state index in [4.69, 9.17) is 10.5 Å². The molecule has 10 heteroatoms. The van der Waals surface area contributed by atoms with Crippen LogP contribution in [0.25, 0.3) is 10.9 Å². The van der Waals surface area contributed by atoms with Gasteiger partial charge in [-0.15, -0.1) is 0 Å². The summed E-state index contributed by atoms with van der Waals surface area (Å²) in [5, 5.41) is 17.9. The van der Waals surface area contributed by atoms with E-state index in [0.29, 0.717) is 42.3 Å². The lowest BCUT2D eigenvalue weighted by molar-refractivity contribution is 0.0877. The number of benzene rings is 1. The van der Waals surface area contributed by atoms with Crippen LogP contribution in [0.15, 0.2) is 41.0 Å². The van der Waals surface area contributed by atoms with Crippen molar-refractivity contribution in [1.82, 2.24) is 20.1 Å². The maximum Gasteiger partial charge on any atom is 0.272 e. The van der Waals surface area contributed by atoms with E-state index < -0.39 is 11.4 Å². The number of nitrogens with one attached hydrogen (secondary N) is 1. The third kappa shape index (κ3) is 4.75. The Morgan fingerprint density at radius 1 is 1.26 bits per heavy atom. The summed E-state index contributed by atoms with van der Waals surface area (Å²) in [6.07, 6.45) is 4.26. The maximum atomic E-state index is 13.2. The van der Waals surface area contributed by atoms with Gasteiger partial charge in [-0.25, -0.2) is 9.67 Å². The van der Waals surface area contributed by atoms with Gasteiger partial charge in [-0.2, -0.15) is 10.4 Å². The minimum absolute atomic E-state index is 0.0358. The summed E-state index contributed by atoms with van der Waals surface area (Å²) < 4.78 is 8.37. The van der Waals surface area contributed by atoms with Crippen molar-refractivity contribution in [3.8, 4) is 11.9 Å². The van der Waals surface area contributed by atoms with Crippen LogP contribution < -0.4 is 15.8 Å². The van der Waals surface area contributed by atoms with Crippen molar-refractivity contribution in [3.05, 3.63) is 52.3 Å². The zero-order valence-corrected chi connectivity index (χ0v) is 20.5. The molecule has 1 saturated carbocycles. The van der Waals surface area contributed by atoms with Crippen LogP contribution in [0.3, 0.4) is 0 Å². The molecule has 0 saturated heterocycles. The van der Waals surface area contributed by atoms with Gasteiger partial charge < -0.3 is 15.8 Å². The number of fused-ring (bicyclic) bond motifs is 1. The van der Waals surface area contributed by atoms with E-state index in [1.165, 1.54) is 0 Å². The number of carbonyl (C=O) groups is 2. The topological polar surface area (TPSA) is 136 Å². The second-order valence-electron chi connectivity index (χ2n) is 8.88. The number of hydrogen-bond acceptors (Lipinski definition) is 6. The molecule has 4 rings (SSSR count). The first kappa shape index (κ1) is 23.7. The molecule has 2 amide bonds. The molecule has 3 aromatic rings. The molecular formula is C24H25BrN6O3. The lowest BCUT2D eigenvalue weighted by Crippen LogP contribution is -2.40. The van der Waals surface area contributed by atoms with Crippen LogP contribution in [-0.2, 0) is 5.54 Å². The van der Waals surface area contributed by atoms with E-state index in [9.17, 15) is 14.9 Å². The summed E-state index contributed by atoms with van der Waals surface area (Å²) in [5.74, 6) is -0.613. The monoisotopic (exact) mass is 524 g/mol. The summed E-state index contributed by atoms with van der Waals surface area (Å²) in [6.45, 7) is 3.52. The fourth-order valence-corrected chi connectivity index (χ4v) is 4.49. The number of rotatable bonds is 6. The van der Waals surface area contributed by atoms with Crippen molar-refractivity contribution in [2.45, 2.75) is 57.2 Å². The van der Waals surface area contributed by atoms with E-state index in [0.717, 1.165) is 4.47 Å². The van der Waals surface area contributed by atoms with Crippen molar-refractivity contribution in [1.29, 1.82) is 5.26 Å². The molecule has 34 heavy (non-hydrogen) atoms. The number of halogens is 1. The number of primary amides is 1. The van der Waals surface area contributed by atoms with E-state index in [1.54, 1.807) is 36.9 Å². The molecule has 2 aromatic heterocycles. The van der Waals surface area contributed by atoms with Crippen LogP contribution >= 0.6 is 15.9 Å². The Labute approximate surface area is 205 Å². The number of nitriles is 1. The van der Waals surface area contributed by atoms with Crippen molar-refractivity contribution < 1.29 is 14.3 Å². The smallest absolute Gasteiger partial charge is 0.272 e. The minimum atomic E-state index is -0.914. The highest BCUT2D eigenvalue weighted by atomic mass is 79.9. The van der Waals surface area contributed by atoms with Gasteiger partial charge in [-0.05, 0) is 69.9 Å². The number of aromatic nitrogens is 3. The predicted octanol–water partition coefficient (Wildman–Crippen LogP) is 3.67. The lowest BCUT2D eigenvalue weighted by atomic mass is 9.92. The molecule has 0 bridgehead atoms. The average molecular weight is 525 g/mol. The molecule has 1 aliphatic rings. The standard InChI is InChI=1S/C24H25BrN6O3/c1-24(2,13-26)31-19-12-14(25)5-10-17(19)20(30-31)22(33)29-15-6-8-16(9-7-15)34-23-18(21(27)32)4-3-11-28-23/h3-5,10-12,15-16H,6-9H2,1-2H3,(H2,27,32)(H,29,33). The molecule has 2 heterocycles. The highest BCUT2D eigenvalue weighted by molar-refractivity contribution is 9.10. The Kier molecular flexibility index (Phi) is 6.57. The second-order valence-corrected chi connectivity index (χ2v) is 9.79. The van der Waals surface area contributed by atoms with Crippen molar-refractivity contribution in [2.24, 2.45) is 5.73 Å². The summed E-state index contributed by atoms with van der Waals surface area (Å²) >= 11 is 3.46. The molecule has 1 fully saturated rings. The summed E-state index contributed by atoms with van der Waals surface area (Å²) in [6, 6.07) is 11.0. The molecule has 176 valence electrons. The van der Waals surface area contributed by atoms with Gasteiger partial charge in [0.15, 0.2) is 5.69 Å². The fourth-order valence-electron chi connectivity index (χ4n) is 4.14. The third-order valence-corrected chi connectivity index (χ3v) is 6.48. The number of nitrogens with two attached hydrogens (primary N) is 1. The van der Waals surface area contributed by atoms with Gasteiger partial charge in [-0.1, -0.05) is 15.9 Å². The van der Waals surface area contributed by atoms with E-state index in [-0.39, 0.29) is 29.5 Å². The maximum absolute atomic E-state index is 13.2. The highest BCUT2D eigenvalue weighted by Gasteiger charge is 2.29. The van der Waals surface area contributed by atoms with Crippen LogP contribution in [0.2, 0.25) is 0 Å². The molecule has 0 unspecified atom stereocenters. The normalized spacial score (nSPS) is 18.3. The SMILES string of the molecule is CC(C)(C#N)n1nc(C(=O)NC2CCC(Oc3ncccc3C(N)=O)CC2)c2ccc(Br)cc21. The highest BCUT2D eigenvalue weighted by Crippen LogP contribution is 2.29. The van der Waals surface area contributed by atoms with Crippen molar-refractivity contribution in [3.63, 3.8) is 0 Å². The zero-order chi connectivity index (χ0) is 24.5. The second kappa shape index (κ2) is 9.43. The van der Waals surface area contributed by atoms with Crippen LogP contribution in [0, 0.1) is 11.3 Å². The van der Waals surface area contributed by atoms with Crippen molar-refractivity contribution in [2.75, 3.05) is 0 Å². The minimum Gasteiger partial charge on any atom is -0.474 e. The van der Waals surface area contributed by atoms with Gasteiger partial charge in [0.2, 0.25) is 5.88 Å². The van der Waals surface area contributed by atoms with Crippen LogP contribution in [0.5, 0.6) is 5.88 Å². The van der Waals surface area contributed by atoms with Gasteiger partial charge in [0.1, 0.15) is 17.2 Å². The molecule has 0 spiro atoms. The Bertz CT molecular complexity index is 1290. The Balaban J connectivity index is 1.45. The Hall–Kier alpha value is -3.45. The number of amides is 2. The molecule has 0 aliphatic heterocycles. The first-order valence-corrected chi connectivity index (χ1v) is 11.8. The third-order valence-electron chi connectivity index (χ3n) is 5.99. The first-order valence-electron chi connectivity index (χ1n) is 11.0. The molecule has 0 atom stereocenters. The Morgan fingerprint density at radius 3 is 2.68 bits per heavy atom. The van der Waals surface area contributed by atoms with E-state index in [2.05, 4.69) is 37.4 Å². The first-order chi connectivity index (χ1) is 16.2. The van der Waals surface area contributed by atoms with Crippen LogP contribution in [0.4, 0.5) is 0 Å². The van der Waals surface area contributed by atoms with Gasteiger partial charge in [-0.3, -0.25) is 9.59 Å². The number of nitrogens with zero attached hydrogens (tertiary/aromatic N) is 4. The fraction of sp³-hybridized carbons (Fsp3) is 0.375. The molecule has 9 nitrogen and oxygen atoms in total. The number of ether oxygens (including phenoxy) is 1. The predicted molar refractivity (Wildman–Crippen MR) is 129 cm³/mol. The largest absolute Gasteiger partial charge is 0.474 e. The van der Waals surface area contributed by atoms with Crippen molar-refractivity contribution >= 4 is 38.6 Å². The van der Waals surface area contributed by atoms with Gasteiger partial charge in [0.25, 0.3) is 11.8 Å². The molecule has 3 N–H and O–H groups in total. The molecular weight excluding hydrogens is 500 g/mol. The average Bonchev–Trinajstić information content (AvgIpc) is 3.20. The van der Waals surface area contributed by atoms with Gasteiger partial charge in [0, 0.05) is 22.1 Å². The van der Waals surface area contributed by atoms with Crippen LogP contribution in [-0.4, -0.2) is 38.7 Å². The summed E-state index contributed by atoms with van der Waals surface area (Å²) in [7, 11) is 0. The Morgan fingerprint density at radius 2 is 2.00 bits per heavy atom. The van der Waals surface area contributed by atoms with Gasteiger partial charge in [0.05, 0.1) is 11.6 Å². The molecule has 1 aliphatic carbocycles. The lowest BCUT2D eigenvalue weighted by Gasteiger charge is -2.29. The van der Waals surface area contributed by atoms with E-state index in [1.807, 2.05) is 18.2 Å². The summed E-state index contributed by atoms with van der Waals surface area (Å²) in [4.78, 5) is 28.9. The number of carbonyl (C=O) groups excluding carboxylic acids is 2. The quantitative estimate of drug-likeness (QED) is 0.504. The van der Waals surface area contributed by atoms with E-state index >= 15 is 0 Å². The van der Waals surface area contributed by atoms with Gasteiger partial charge >= 0.3 is 0 Å². The van der Waals surface area contributed by atoms with Crippen LogP contribution in [0.1, 0.15) is 60.4 Å². The molecule has 0 radical (unpaired) electrons. The molecule has 1 aromatic carbocycles.